The number of carbonyl (C=O) groups is 2. The molecular formula is C24H27FN2O4. The van der Waals surface area contributed by atoms with Gasteiger partial charge in [-0.15, -0.1) is 0 Å². The lowest BCUT2D eigenvalue weighted by Gasteiger charge is -2.56. The summed E-state index contributed by atoms with van der Waals surface area (Å²) < 4.78 is 23.3. The summed E-state index contributed by atoms with van der Waals surface area (Å²) in [6.07, 6.45) is 9.27. The summed E-state index contributed by atoms with van der Waals surface area (Å²) in [4.78, 5) is 29.4. The summed E-state index contributed by atoms with van der Waals surface area (Å²) >= 11 is 0. The summed E-state index contributed by atoms with van der Waals surface area (Å²) in [5, 5.41) is 12.0. The Bertz CT molecular complexity index is 1070. The zero-order chi connectivity index (χ0) is 22.0. The van der Waals surface area contributed by atoms with E-state index in [-0.39, 0.29) is 42.0 Å². The van der Waals surface area contributed by atoms with Crippen molar-refractivity contribution < 1.29 is 23.8 Å². The standard InChI is InChI=1S/C24H27FN2O4/c1-13-8-15-16-10-18(25)17-9-14(28)4-5-21(17,2)24(16)19(31-24)11-22(15,3)23(13,30)20(29)27-7-6-26-12-27/h4-7,9,12-13,15-16,18-19,30H,8,10-11H2,1-3H3/t13-,15+,16+,18+,19+,21+,22+,23+,24-/m1/s1. The molecule has 4 aliphatic carbocycles. The number of epoxide rings is 1. The molecule has 31 heavy (non-hydrogen) atoms. The quantitative estimate of drug-likeness (QED) is 0.698. The number of halogens is 1. The van der Waals surface area contributed by atoms with Crippen molar-refractivity contribution in [2.24, 2.45) is 28.6 Å². The van der Waals surface area contributed by atoms with Crippen LogP contribution in [0.15, 0.2) is 42.5 Å². The number of alkyl halides is 1. The molecule has 4 fully saturated rings. The lowest BCUT2D eigenvalue weighted by Crippen LogP contribution is -2.63. The zero-order valence-corrected chi connectivity index (χ0v) is 17.9. The molecule has 1 spiro atoms. The third-order valence-corrected chi connectivity index (χ3v) is 9.57. The molecule has 9 atom stereocenters. The first-order valence-electron chi connectivity index (χ1n) is 11.1. The molecule has 0 bridgehead atoms. The van der Waals surface area contributed by atoms with Crippen LogP contribution in [0, 0.1) is 28.6 Å². The molecule has 0 radical (unpaired) electrons. The second kappa shape index (κ2) is 5.62. The monoisotopic (exact) mass is 426 g/mol. The third-order valence-electron chi connectivity index (χ3n) is 9.57. The van der Waals surface area contributed by atoms with E-state index in [1.54, 1.807) is 6.20 Å². The smallest absolute Gasteiger partial charge is 0.264 e. The number of ether oxygens (including phenoxy) is 1. The van der Waals surface area contributed by atoms with Crippen molar-refractivity contribution in [2.75, 3.05) is 0 Å². The Morgan fingerprint density at radius 2 is 2.10 bits per heavy atom. The molecule has 1 aliphatic heterocycles. The van der Waals surface area contributed by atoms with Gasteiger partial charge in [-0.2, -0.15) is 0 Å². The van der Waals surface area contributed by atoms with Crippen LogP contribution in [0.1, 0.15) is 44.8 Å². The zero-order valence-electron chi connectivity index (χ0n) is 17.9. The fourth-order valence-electron chi connectivity index (χ4n) is 8.01. The number of fused-ring (bicyclic) bond motifs is 3. The average molecular weight is 426 g/mol. The van der Waals surface area contributed by atoms with Gasteiger partial charge in [-0.1, -0.05) is 19.9 Å². The maximum Gasteiger partial charge on any atom is 0.264 e. The van der Waals surface area contributed by atoms with Crippen molar-refractivity contribution in [1.29, 1.82) is 0 Å². The average Bonchev–Trinajstić information content (AvgIpc) is 3.12. The lowest BCUT2D eigenvalue weighted by molar-refractivity contribution is -0.112. The lowest BCUT2D eigenvalue weighted by atomic mass is 9.46. The van der Waals surface area contributed by atoms with Crippen LogP contribution >= 0.6 is 0 Å². The van der Waals surface area contributed by atoms with Gasteiger partial charge in [-0.25, -0.2) is 9.37 Å². The topological polar surface area (TPSA) is 84.7 Å². The number of nitrogens with zero attached hydrogens (tertiary/aromatic N) is 2. The van der Waals surface area contributed by atoms with Crippen molar-refractivity contribution in [2.45, 2.75) is 63.5 Å². The van der Waals surface area contributed by atoms with Gasteiger partial charge >= 0.3 is 0 Å². The number of hydrogen-bond acceptors (Lipinski definition) is 5. The maximum atomic E-state index is 15.5. The summed E-state index contributed by atoms with van der Waals surface area (Å²) in [6, 6.07) is 0. The van der Waals surface area contributed by atoms with Gasteiger partial charge in [-0.3, -0.25) is 14.2 Å². The Balaban J connectivity index is 1.46. The molecule has 7 heteroatoms. The van der Waals surface area contributed by atoms with E-state index in [9.17, 15) is 14.7 Å². The Morgan fingerprint density at radius 3 is 2.81 bits per heavy atom. The Kier molecular flexibility index (Phi) is 3.54. The molecule has 0 amide bonds. The van der Waals surface area contributed by atoms with Crippen LogP contribution in [0.5, 0.6) is 0 Å². The summed E-state index contributed by atoms with van der Waals surface area (Å²) in [6.45, 7) is 5.87. The number of rotatable bonds is 1. The van der Waals surface area contributed by atoms with Gasteiger partial charge in [0.25, 0.3) is 5.91 Å². The highest BCUT2D eigenvalue weighted by Crippen LogP contribution is 2.76. The maximum absolute atomic E-state index is 15.5. The number of allylic oxidation sites excluding steroid dienone is 2. The van der Waals surface area contributed by atoms with Gasteiger partial charge in [0, 0.05) is 23.2 Å². The predicted octanol–water partition coefficient (Wildman–Crippen LogP) is 2.89. The van der Waals surface area contributed by atoms with Gasteiger partial charge in [0.2, 0.25) is 0 Å². The van der Waals surface area contributed by atoms with Crippen molar-refractivity contribution in [1.82, 2.24) is 9.55 Å². The highest BCUT2D eigenvalue weighted by Gasteiger charge is 2.83. The van der Waals surface area contributed by atoms with Crippen LogP contribution < -0.4 is 0 Å². The highest BCUT2D eigenvalue weighted by atomic mass is 19.1. The second-order valence-electron chi connectivity index (χ2n) is 10.7. The van der Waals surface area contributed by atoms with Crippen LogP contribution in [0.25, 0.3) is 0 Å². The minimum Gasteiger partial charge on any atom is -0.379 e. The van der Waals surface area contributed by atoms with Gasteiger partial charge in [0.15, 0.2) is 11.4 Å². The number of ketones is 1. The van der Waals surface area contributed by atoms with E-state index in [1.165, 1.54) is 29.2 Å². The molecule has 1 N–H and O–H groups in total. The van der Waals surface area contributed by atoms with Gasteiger partial charge in [0.1, 0.15) is 18.1 Å². The largest absolute Gasteiger partial charge is 0.379 e. The Morgan fingerprint density at radius 1 is 1.32 bits per heavy atom. The fraction of sp³-hybridized carbons (Fsp3) is 0.625. The van der Waals surface area contributed by atoms with Gasteiger partial charge < -0.3 is 9.84 Å². The third kappa shape index (κ3) is 1.99. The van der Waals surface area contributed by atoms with E-state index in [2.05, 4.69) is 4.98 Å². The van der Waals surface area contributed by atoms with Crippen LogP contribution in [0.4, 0.5) is 4.39 Å². The molecule has 5 aliphatic rings. The normalized spacial score (nSPS) is 52.0. The van der Waals surface area contributed by atoms with E-state index < -0.39 is 28.2 Å². The number of aliphatic hydroxyl groups is 1. The van der Waals surface area contributed by atoms with Gasteiger partial charge in [-0.05, 0) is 61.7 Å². The van der Waals surface area contributed by atoms with E-state index in [0.29, 0.717) is 18.4 Å². The molecule has 164 valence electrons. The van der Waals surface area contributed by atoms with E-state index in [0.717, 1.165) is 0 Å². The molecule has 1 aromatic rings. The first-order chi connectivity index (χ1) is 14.6. The second-order valence-corrected chi connectivity index (χ2v) is 10.7. The van der Waals surface area contributed by atoms with Crippen molar-refractivity contribution in [3.8, 4) is 0 Å². The number of imidazole rings is 1. The summed E-state index contributed by atoms with van der Waals surface area (Å²) in [5.41, 5.74) is -3.08. The van der Waals surface area contributed by atoms with Crippen LogP contribution in [-0.2, 0) is 9.53 Å². The molecule has 6 nitrogen and oxygen atoms in total. The van der Waals surface area contributed by atoms with Gasteiger partial charge in [0.05, 0.1) is 6.10 Å². The fourth-order valence-corrected chi connectivity index (χ4v) is 8.01. The molecule has 1 aromatic heterocycles. The van der Waals surface area contributed by atoms with Crippen molar-refractivity contribution >= 4 is 11.7 Å². The van der Waals surface area contributed by atoms with Crippen LogP contribution in [0.3, 0.4) is 0 Å². The molecule has 3 saturated carbocycles. The molecule has 0 aromatic carbocycles. The number of hydrogen-bond donors (Lipinski definition) is 1. The highest BCUT2D eigenvalue weighted by molar-refractivity contribution is 6.01. The van der Waals surface area contributed by atoms with E-state index in [1.807, 2.05) is 26.8 Å². The first kappa shape index (κ1) is 19.6. The van der Waals surface area contributed by atoms with Crippen LogP contribution in [-0.4, -0.2) is 49.8 Å². The summed E-state index contributed by atoms with van der Waals surface area (Å²) in [5.74, 6) is -1.05. The Hall–Kier alpha value is -2.12. The van der Waals surface area contributed by atoms with E-state index >= 15 is 4.39 Å². The minimum atomic E-state index is -1.59. The SMILES string of the molecule is C[C@@H]1C[C@H]2[C@@H]3C[C@H](F)C4=CC(=O)C=C[C@]4(C)[C@@]34O[C@H]4C[C@]2(C)[C@@]1(O)C(=O)n1ccnc1. The number of aromatic nitrogens is 2. The first-order valence-corrected chi connectivity index (χ1v) is 11.1. The minimum absolute atomic E-state index is 0.0682. The van der Waals surface area contributed by atoms with Crippen molar-refractivity contribution in [3.63, 3.8) is 0 Å². The number of carbonyl (C=O) groups excluding carboxylic acids is 2. The van der Waals surface area contributed by atoms with Crippen molar-refractivity contribution in [3.05, 3.63) is 42.5 Å². The molecule has 6 rings (SSSR count). The predicted molar refractivity (Wildman–Crippen MR) is 109 cm³/mol. The van der Waals surface area contributed by atoms with E-state index in [4.69, 9.17) is 4.74 Å². The Labute approximate surface area is 180 Å². The molecular weight excluding hydrogens is 399 g/mol. The molecule has 1 saturated heterocycles. The van der Waals surface area contributed by atoms with Crippen LogP contribution in [0.2, 0.25) is 0 Å². The molecule has 0 unspecified atom stereocenters. The molecule has 2 heterocycles. The summed E-state index contributed by atoms with van der Waals surface area (Å²) in [7, 11) is 0.